The number of hydrogen-bond acceptors (Lipinski definition) is 3. The molecular weight excluding hydrogens is 295 g/mol. The maximum absolute atomic E-state index is 13.2. The Hall–Kier alpha value is -1.89. The molecule has 7 heteroatoms. The number of nitrogens with zero attached hydrogens (tertiary/aromatic N) is 1. The summed E-state index contributed by atoms with van der Waals surface area (Å²) in [5.41, 5.74) is 1.01. The van der Waals surface area contributed by atoms with Crippen LogP contribution in [-0.2, 0) is 9.84 Å². The lowest BCUT2D eigenvalue weighted by Crippen LogP contribution is -2.37. The van der Waals surface area contributed by atoms with Gasteiger partial charge in [-0.15, -0.1) is 0 Å². The molecule has 21 heavy (non-hydrogen) atoms. The van der Waals surface area contributed by atoms with E-state index < -0.39 is 9.84 Å². The summed E-state index contributed by atoms with van der Waals surface area (Å²) in [5, 5.41) is 0.616. The molecule has 0 radical (unpaired) electrons. The highest BCUT2D eigenvalue weighted by Gasteiger charge is 2.33. The van der Waals surface area contributed by atoms with Crippen molar-refractivity contribution in [1.29, 1.82) is 0 Å². The van der Waals surface area contributed by atoms with Crippen molar-refractivity contribution in [3.05, 3.63) is 35.8 Å². The Balaban J connectivity index is 1.86. The van der Waals surface area contributed by atoms with Gasteiger partial charge < -0.3 is 9.88 Å². The number of H-pyrrole nitrogens is 1. The van der Waals surface area contributed by atoms with Gasteiger partial charge in [-0.1, -0.05) is 0 Å². The molecule has 1 saturated heterocycles. The van der Waals surface area contributed by atoms with Gasteiger partial charge in [0, 0.05) is 24.0 Å². The zero-order chi connectivity index (χ0) is 15.2. The van der Waals surface area contributed by atoms with Crippen molar-refractivity contribution in [1.82, 2.24) is 9.88 Å². The monoisotopic (exact) mass is 310 g/mol. The topological polar surface area (TPSA) is 70.2 Å². The standard InChI is InChI=1S/C14H15FN2O3S/c1-17(11-4-5-21(19,20)8-11)14(18)13-7-9-6-10(15)2-3-12(9)16-13/h2-3,6-7,11,16H,4-5,8H2,1H3. The van der Waals surface area contributed by atoms with E-state index in [0.717, 1.165) is 0 Å². The molecule has 1 unspecified atom stereocenters. The maximum atomic E-state index is 13.2. The number of aromatic amines is 1. The summed E-state index contributed by atoms with van der Waals surface area (Å²) in [7, 11) is -1.44. The van der Waals surface area contributed by atoms with Crippen LogP contribution < -0.4 is 0 Å². The maximum Gasteiger partial charge on any atom is 0.270 e. The predicted molar refractivity (Wildman–Crippen MR) is 77.4 cm³/mol. The molecule has 2 heterocycles. The highest BCUT2D eigenvalue weighted by Crippen LogP contribution is 2.21. The number of rotatable bonds is 2. The van der Waals surface area contributed by atoms with Crippen LogP contribution in [0.4, 0.5) is 4.39 Å². The van der Waals surface area contributed by atoms with E-state index in [1.807, 2.05) is 0 Å². The van der Waals surface area contributed by atoms with Gasteiger partial charge in [0.1, 0.15) is 11.5 Å². The van der Waals surface area contributed by atoms with Gasteiger partial charge >= 0.3 is 0 Å². The Morgan fingerprint density at radius 3 is 2.81 bits per heavy atom. The number of benzene rings is 1. The number of carbonyl (C=O) groups is 1. The Labute approximate surface area is 121 Å². The van der Waals surface area contributed by atoms with Crippen LogP contribution in [0.5, 0.6) is 0 Å². The van der Waals surface area contributed by atoms with Crippen LogP contribution in [0.1, 0.15) is 16.9 Å². The Kier molecular flexibility index (Phi) is 3.24. The number of amides is 1. The molecule has 3 rings (SSSR count). The highest BCUT2D eigenvalue weighted by atomic mass is 32.2. The second-order valence-corrected chi connectivity index (χ2v) is 7.62. The van der Waals surface area contributed by atoms with Crippen LogP contribution in [0, 0.1) is 5.82 Å². The molecule has 1 N–H and O–H groups in total. The average Bonchev–Trinajstić information content (AvgIpc) is 2.99. The minimum atomic E-state index is -3.04. The van der Waals surface area contributed by atoms with Crippen molar-refractivity contribution in [2.75, 3.05) is 18.6 Å². The third-order valence-corrected chi connectivity index (χ3v) is 5.64. The van der Waals surface area contributed by atoms with Crippen LogP contribution in [0.2, 0.25) is 0 Å². The zero-order valence-corrected chi connectivity index (χ0v) is 12.3. The van der Waals surface area contributed by atoms with E-state index in [4.69, 9.17) is 0 Å². The molecule has 2 aromatic rings. The molecule has 0 saturated carbocycles. The van der Waals surface area contributed by atoms with Crippen molar-refractivity contribution in [2.24, 2.45) is 0 Å². The van der Waals surface area contributed by atoms with Gasteiger partial charge in [-0.25, -0.2) is 12.8 Å². The summed E-state index contributed by atoms with van der Waals surface area (Å²) in [6.45, 7) is 0. The molecule has 1 fully saturated rings. The molecule has 1 aromatic heterocycles. The first-order valence-electron chi connectivity index (χ1n) is 6.61. The lowest BCUT2D eigenvalue weighted by molar-refractivity contribution is 0.0743. The van der Waals surface area contributed by atoms with Gasteiger partial charge in [-0.3, -0.25) is 4.79 Å². The fraction of sp³-hybridized carbons (Fsp3) is 0.357. The van der Waals surface area contributed by atoms with Gasteiger partial charge in [-0.05, 0) is 30.7 Å². The van der Waals surface area contributed by atoms with Crippen LogP contribution in [0.15, 0.2) is 24.3 Å². The number of aromatic nitrogens is 1. The molecule has 112 valence electrons. The summed E-state index contributed by atoms with van der Waals surface area (Å²) >= 11 is 0. The van der Waals surface area contributed by atoms with E-state index in [2.05, 4.69) is 4.98 Å². The number of halogens is 1. The number of carbonyl (C=O) groups excluding carboxylic acids is 1. The number of hydrogen-bond donors (Lipinski definition) is 1. The molecule has 0 bridgehead atoms. The smallest absolute Gasteiger partial charge is 0.270 e. The van der Waals surface area contributed by atoms with Crippen LogP contribution in [0.3, 0.4) is 0 Å². The molecule has 0 spiro atoms. The highest BCUT2D eigenvalue weighted by molar-refractivity contribution is 7.91. The third kappa shape index (κ3) is 2.65. The molecule has 1 aliphatic rings. The summed E-state index contributed by atoms with van der Waals surface area (Å²) in [6, 6.07) is 5.52. The van der Waals surface area contributed by atoms with Crippen LogP contribution >= 0.6 is 0 Å². The van der Waals surface area contributed by atoms with Crippen LogP contribution in [-0.4, -0.2) is 48.8 Å². The van der Waals surface area contributed by atoms with Gasteiger partial charge in [0.2, 0.25) is 0 Å². The van der Waals surface area contributed by atoms with E-state index >= 15 is 0 Å². The van der Waals surface area contributed by atoms with E-state index in [0.29, 0.717) is 23.0 Å². The normalized spacial score (nSPS) is 20.8. The van der Waals surface area contributed by atoms with Gasteiger partial charge in [0.15, 0.2) is 9.84 Å². The van der Waals surface area contributed by atoms with Gasteiger partial charge in [0.05, 0.1) is 11.5 Å². The first-order chi connectivity index (χ1) is 9.85. The predicted octanol–water partition coefficient (Wildman–Crippen LogP) is 1.57. The molecule has 5 nitrogen and oxygen atoms in total. The summed E-state index contributed by atoms with van der Waals surface area (Å²) < 4.78 is 36.2. The van der Waals surface area contributed by atoms with Crippen molar-refractivity contribution in [3.63, 3.8) is 0 Å². The number of nitrogens with one attached hydrogen (secondary N) is 1. The van der Waals surface area contributed by atoms with E-state index in [1.54, 1.807) is 19.2 Å². The molecule has 1 amide bonds. The Morgan fingerprint density at radius 2 is 2.14 bits per heavy atom. The summed E-state index contributed by atoms with van der Waals surface area (Å²) in [6.07, 6.45) is 0.458. The first kappa shape index (κ1) is 14.1. The summed E-state index contributed by atoms with van der Waals surface area (Å²) in [5.74, 6) is -0.526. The molecule has 0 aliphatic carbocycles. The van der Waals surface area contributed by atoms with E-state index in [9.17, 15) is 17.6 Å². The van der Waals surface area contributed by atoms with E-state index in [-0.39, 0.29) is 29.3 Å². The summed E-state index contributed by atoms with van der Waals surface area (Å²) in [4.78, 5) is 16.8. The largest absolute Gasteiger partial charge is 0.351 e. The SMILES string of the molecule is CN(C(=O)c1cc2cc(F)ccc2[nH]1)C1CCS(=O)(=O)C1. The zero-order valence-electron chi connectivity index (χ0n) is 11.5. The fourth-order valence-electron chi connectivity index (χ4n) is 2.66. The lowest BCUT2D eigenvalue weighted by Gasteiger charge is -2.22. The van der Waals surface area contributed by atoms with Crippen molar-refractivity contribution in [2.45, 2.75) is 12.5 Å². The first-order valence-corrected chi connectivity index (χ1v) is 8.44. The van der Waals surface area contributed by atoms with Gasteiger partial charge in [-0.2, -0.15) is 0 Å². The minimum Gasteiger partial charge on any atom is -0.351 e. The minimum absolute atomic E-state index is 0.00406. The second kappa shape index (κ2) is 4.84. The quantitative estimate of drug-likeness (QED) is 0.915. The molecule has 1 aromatic carbocycles. The Bertz CT molecular complexity index is 813. The van der Waals surface area contributed by atoms with Crippen LogP contribution in [0.25, 0.3) is 10.9 Å². The second-order valence-electron chi connectivity index (χ2n) is 5.39. The average molecular weight is 310 g/mol. The van der Waals surface area contributed by atoms with Crippen molar-refractivity contribution >= 4 is 26.6 Å². The van der Waals surface area contributed by atoms with Gasteiger partial charge in [0.25, 0.3) is 5.91 Å². The van der Waals surface area contributed by atoms with E-state index in [1.165, 1.54) is 17.0 Å². The molecular formula is C14H15FN2O3S. The fourth-order valence-corrected chi connectivity index (χ4v) is 4.43. The lowest BCUT2D eigenvalue weighted by atomic mass is 10.2. The third-order valence-electron chi connectivity index (χ3n) is 3.89. The molecule has 1 atom stereocenters. The number of sulfone groups is 1. The van der Waals surface area contributed by atoms with Crippen molar-refractivity contribution < 1.29 is 17.6 Å². The number of fused-ring (bicyclic) bond motifs is 1. The Morgan fingerprint density at radius 1 is 1.38 bits per heavy atom. The van der Waals surface area contributed by atoms with Crippen molar-refractivity contribution in [3.8, 4) is 0 Å². The molecule has 1 aliphatic heterocycles.